The first kappa shape index (κ1) is 20.8. The molecule has 3 rings (SSSR count). The van der Waals surface area contributed by atoms with E-state index in [0.717, 1.165) is 58.5 Å². The standard InChI is InChI=1S/C21H32N4O3/c1-21(22)9-3-2-4-18(21)20(27)24-17-7-5-16(6-8-17)19(26)23-10-11-25-12-14-28-15-13-25/h5-8,18H,2-4,9-15,22H2,1H3,(H,23,26)(H,24,27). The van der Waals surface area contributed by atoms with E-state index in [0.29, 0.717) is 17.8 Å². The van der Waals surface area contributed by atoms with Gasteiger partial charge in [-0.2, -0.15) is 0 Å². The average Bonchev–Trinajstić information content (AvgIpc) is 2.69. The summed E-state index contributed by atoms with van der Waals surface area (Å²) >= 11 is 0. The van der Waals surface area contributed by atoms with Gasteiger partial charge in [0.25, 0.3) is 5.91 Å². The number of nitrogens with zero attached hydrogens (tertiary/aromatic N) is 1. The molecular weight excluding hydrogens is 356 g/mol. The summed E-state index contributed by atoms with van der Waals surface area (Å²) in [6, 6.07) is 7.02. The van der Waals surface area contributed by atoms with E-state index in [-0.39, 0.29) is 17.7 Å². The summed E-state index contributed by atoms with van der Waals surface area (Å²) in [5.74, 6) is -0.315. The third kappa shape index (κ3) is 5.53. The number of carbonyl (C=O) groups is 2. The molecule has 2 unspecified atom stereocenters. The maximum absolute atomic E-state index is 12.6. The molecule has 154 valence electrons. The van der Waals surface area contributed by atoms with E-state index in [1.165, 1.54) is 0 Å². The second-order valence-electron chi connectivity index (χ2n) is 8.08. The molecule has 1 aliphatic heterocycles. The van der Waals surface area contributed by atoms with Crippen LogP contribution in [0.5, 0.6) is 0 Å². The Morgan fingerprint density at radius 2 is 1.93 bits per heavy atom. The van der Waals surface area contributed by atoms with E-state index in [4.69, 9.17) is 10.5 Å². The van der Waals surface area contributed by atoms with Crippen LogP contribution in [0.2, 0.25) is 0 Å². The number of rotatable bonds is 6. The SMILES string of the molecule is CC1(N)CCCCC1C(=O)Nc1ccc(C(=O)NCCN2CCOCC2)cc1. The highest BCUT2D eigenvalue weighted by molar-refractivity contribution is 5.96. The van der Waals surface area contributed by atoms with Crippen LogP contribution < -0.4 is 16.4 Å². The minimum absolute atomic E-state index is 0.0348. The van der Waals surface area contributed by atoms with Gasteiger partial charge in [0.1, 0.15) is 0 Å². The molecule has 4 N–H and O–H groups in total. The van der Waals surface area contributed by atoms with Crippen LogP contribution in [0, 0.1) is 5.92 Å². The molecule has 1 saturated heterocycles. The molecule has 2 fully saturated rings. The molecule has 0 aromatic heterocycles. The Labute approximate surface area is 167 Å². The Morgan fingerprint density at radius 1 is 1.21 bits per heavy atom. The zero-order valence-electron chi connectivity index (χ0n) is 16.7. The van der Waals surface area contributed by atoms with Crippen LogP contribution in [0.25, 0.3) is 0 Å². The van der Waals surface area contributed by atoms with Crippen molar-refractivity contribution >= 4 is 17.5 Å². The van der Waals surface area contributed by atoms with Crippen LogP contribution in [0.4, 0.5) is 5.69 Å². The van der Waals surface area contributed by atoms with Gasteiger partial charge in [0.15, 0.2) is 0 Å². The molecule has 1 aliphatic carbocycles. The monoisotopic (exact) mass is 388 g/mol. The van der Waals surface area contributed by atoms with Crippen molar-refractivity contribution < 1.29 is 14.3 Å². The van der Waals surface area contributed by atoms with Crippen LogP contribution in [0.1, 0.15) is 43.0 Å². The fourth-order valence-electron chi connectivity index (χ4n) is 3.98. The topological polar surface area (TPSA) is 96.7 Å². The van der Waals surface area contributed by atoms with Crippen molar-refractivity contribution in [3.8, 4) is 0 Å². The van der Waals surface area contributed by atoms with Gasteiger partial charge in [0.2, 0.25) is 5.91 Å². The first-order valence-electron chi connectivity index (χ1n) is 10.2. The molecule has 0 bridgehead atoms. The van der Waals surface area contributed by atoms with E-state index in [1.54, 1.807) is 24.3 Å². The number of nitrogens with two attached hydrogens (primary N) is 1. The Bertz CT molecular complexity index is 669. The third-order valence-corrected chi connectivity index (χ3v) is 5.80. The van der Waals surface area contributed by atoms with Crippen LogP contribution in [0.3, 0.4) is 0 Å². The van der Waals surface area contributed by atoms with Gasteiger partial charge in [-0.05, 0) is 44.0 Å². The summed E-state index contributed by atoms with van der Waals surface area (Å²) in [6.07, 6.45) is 3.80. The molecule has 7 heteroatoms. The van der Waals surface area contributed by atoms with Gasteiger partial charge in [0.05, 0.1) is 19.1 Å². The normalized spacial score (nSPS) is 25.9. The molecule has 0 radical (unpaired) electrons. The van der Waals surface area contributed by atoms with E-state index in [1.807, 2.05) is 6.92 Å². The van der Waals surface area contributed by atoms with E-state index < -0.39 is 5.54 Å². The predicted molar refractivity (Wildman–Crippen MR) is 109 cm³/mol. The lowest BCUT2D eigenvalue weighted by molar-refractivity contribution is -0.122. The van der Waals surface area contributed by atoms with Crippen molar-refractivity contribution in [2.45, 2.75) is 38.1 Å². The Balaban J connectivity index is 1.47. The van der Waals surface area contributed by atoms with Crippen molar-refractivity contribution in [3.05, 3.63) is 29.8 Å². The first-order valence-corrected chi connectivity index (χ1v) is 10.2. The van der Waals surface area contributed by atoms with Crippen molar-refractivity contribution in [2.75, 3.05) is 44.7 Å². The first-order chi connectivity index (χ1) is 13.5. The van der Waals surface area contributed by atoms with Gasteiger partial charge >= 0.3 is 0 Å². The quantitative estimate of drug-likeness (QED) is 0.688. The summed E-state index contributed by atoms with van der Waals surface area (Å²) < 4.78 is 5.32. The molecule has 1 aromatic carbocycles. The summed E-state index contributed by atoms with van der Waals surface area (Å²) in [5.41, 5.74) is 7.14. The number of benzene rings is 1. The van der Waals surface area contributed by atoms with Crippen molar-refractivity contribution in [1.29, 1.82) is 0 Å². The van der Waals surface area contributed by atoms with Crippen LogP contribution in [0.15, 0.2) is 24.3 Å². The second-order valence-corrected chi connectivity index (χ2v) is 8.08. The highest BCUT2D eigenvalue weighted by Gasteiger charge is 2.37. The van der Waals surface area contributed by atoms with Gasteiger partial charge in [-0.25, -0.2) is 0 Å². The third-order valence-electron chi connectivity index (χ3n) is 5.80. The molecule has 1 saturated carbocycles. The molecule has 0 spiro atoms. The number of carbonyl (C=O) groups excluding carboxylic acids is 2. The fourth-order valence-corrected chi connectivity index (χ4v) is 3.98. The molecule has 2 amide bonds. The highest BCUT2D eigenvalue weighted by Crippen LogP contribution is 2.32. The van der Waals surface area contributed by atoms with Crippen molar-refractivity contribution in [2.24, 2.45) is 11.7 Å². The Hall–Kier alpha value is -1.96. The maximum Gasteiger partial charge on any atom is 0.251 e. The molecule has 28 heavy (non-hydrogen) atoms. The van der Waals surface area contributed by atoms with Crippen molar-refractivity contribution in [3.63, 3.8) is 0 Å². The fraction of sp³-hybridized carbons (Fsp3) is 0.619. The lowest BCUT2D eigenvalue weighted by atomic mass is 9.74. The molecule has 1 heterocycles. The number of nitrogens with one attached hydrogen (secondary N) is 2. The second kappa shape index (κ2) is 9.49. The van der Waals surface area contributed by atoms with Gasteiger partial charge in [-0.15, -0.1) is 0 Å². The number of hydrogen-bond donors (Lipinski definition) is 3. The number of ether oxygens (including phenoxy) is 1. The lowest BCUT2D eigenvalue weighted by Gasteiger charge is -2.37. The van der Waals surface area contributed by atoms with Crippen molar-refractivity contribution in [1.82, 2.24) is 10.2 Å². The van der Waals surface area contributed by atoms with Gasteiger partial charge in [-0.1, -0.05) is 12.8 Å². The summed E-state index contributed by atoms with van der Waals surface area (Å²) in [5, 5.41) is 5.89. The van der Waals surface area contributed by atoms with Gasteiger partial charge < -0.3 is 21.1 Å². The van der Waals surface area contributed by atoms with Crippen LogP contribution in [-0.2, 0) is 9.53 Å². The maximum atomic E-state index is 12.6. The Morgan fingerprint density at radius 3 is 2.61 bits per heavy atom. The number of hydrogen-bond acceptors (Lipinski definition) is 5. The minimum Gasteiger partial charge on any atom is -0.379 e. The molecule has 2 aliphatic rings. The zero-order chi connectivity index (χ0) is 20.0. The average molecular weight is 389 g/mol. The lowest BCUT2D eigenvalue weighted by Crippen LogP contribution is -2.51. The van der Waals surface area contributed by atoms with Crippen LogP contribution >= 0.6 is 0 Å². The van der Waals surface area contributed by atoms with E-state index in [2.05, 4.69) is 15.5 Å². The largest absolute Gasteiger partial charge is 0.379 e. The number of anilines is 1. The van der Waals surface area contributed by atoms with Gasteiger partial charge in [-0.3, -0.25) is 14.5 Å². The van der Waals surface area contributed by atoms with E-state index >= 15 is 0 Å². The predicted octanol–water partition coefficient (Wildman–Crippen LogP) is 1.59. The summed E-state index contributed by atoms with van der Waals surface area (Å²) in [7, 11) is 0. The summed E-state index contributed by atoms with van der Waals surface area (Å²) in [6.45, 7) is 6.72. The van der Waals surface area contributed by atoms with E-state index in [9.17, 15) is 9.59 Å². The molecule has 1 aromatic rings. The highest BCUT2D eigenvalue weighted by atomic mass is 16.5. The molecule has 2 atom stereocenters. The zero-order valence-corrected chi connectivity index (χ0v) is 16.7. The van der Waals surface area contributed by atoms with Crippen LogP contribution in [-0.4, -0.2) is 61.6 Å². The smallest absolute Gasteiger partial charge is 0.251 e. The minimum atomic E-state index is -0.456. The molecule has 7 nitrogen and oxygen atoms in total. The van der Waals surface area contributed by atoms with Gasteiger partial charge in [0, 0.05) is 43.0 Å². The Kier molecular flexibility index (Phi) is 7.04. The number of morpholine rings is 1. The summed E-state index contributed by atoms with van der Waals surface area (Å²) in [4.78, 5) is 27.2. The number of amides is 2. The molecular formula is C21H32N4O3.